The Labute approximate surface area is 115 Å². The third-order valence-corrected chi connectivity index (χ3v) is 2.98. The summed E-state index contributed by atoms with van der Waals surface area (Å²) in [6, 6.07) is 9.22. The summed E-state index contributed by atoms with van der Waals surface area (Å²) in [6.45, 7) is 0. The van der Waals surface area contributed by atoms with Gasteiger partial charge in [0.2, 0.25) is 0 Å². The van der Waals surface area contributed by atoms with Crippen LogP contribution in [0.25, 0.3) is 0 Å². The molecule has 0 saturated carbocycles. The summed E-state index contributed by atoms with van der Waals surface area (Å²) in [5, 5.41) is 9.39. The molecule has 5 heteroatoms. The molecular weight excluding hydrogens is 261 g/mol. The quantitative estimate of drug-likeness (QED) is 0.911. The monoisotopic (exact) mass is 275 g/mol. The van der Waals surface area contributed by atoms with Crippen molar-refractivity contribution in [1.82, 2.24) is 4.98 Å². The first-order valence-corrected chi connectivity index (χ1v) is 6.08. The van der Waals surface area contributed by atoms with Crippen molar-refractivity contribution in [2.45, 2.75) is 12.3 Å². The van der Waals surface area contributed by atoms with Crippen molar-refractivity contribution in [3.05, 3.63) is 59.7 Å². The number of methoxy groups -OCH3 is 1. The molecule has 0 spiro atoms. The van der Waals surface area contributed by atoms with Gasteiger partial charge in [-0.3, -0.25) is 9.78 Å². The number of aliphatic carboxylic acids is 1. The molecule has 20 heavy (non-hydrogen) atoms. The number of halogens is 1. The zero-order valence-corrected chi connectivity index (χ0v) is 10.9. The number of benzene rings is 1. The predicted molar refractivity (Wildman–Crippen MR) is 71.3 cm³/mol. The number of pyridine rings is 1. The molecule has 2 aromatic rings. The molecule has 0 aliphatic carbocycles. The molecule has 0 bridgehead atoms. The van der Waals surface area contributed by atoms with Crippen molar-refractivity contribution >= 4 is 5.97 Å². The van der Waals surface area contributed by atoms with E-state index in [2.05, 4.69) is 4.98 Å². The molecule has 0 aliphatic rings. The van der Waals surface area contributed by atoms with Crippen molar-refractivity contribution in [2.75, 3.05) is 7.11 Å². The maximum atomic E-state index is 13.2. The lowest BCUT2D eigenvalue weighted by Gasteiger charge is -2.15. The zero-order chi connectivity index (χ0) is 14.5. The lowest BCUT2D eigenvalue weighted by Crippen LogP contribution is -2.17. The molecule has 4 nitrogen and oxygen atoms in total. The fourth-order valence-electron chi connectivity index (χ4n) is 2.04. The Kier molecular flexibility index (Phi) is 4.30. The first-order valence-electron chi connectivity index (χ1n) is 6.08. The first kappa shape index (κ1) is 14.0. The number of rotatable bonds is 5. The Morgan fingerprint density at radius 3 is 2.85 bits per heavy atom. The Bertz CT molecular complexity index is 616. The van der Waals surface area contributed by atoms with Gasteiger partial charge in [0.05, 0.1) is 12.8 Å². The second kappa shape index (κ2) is 6.14. The molecule has 1 atom stereocenters. The summed E-state index contributed by atoms with van der Waals surface area (Å²) in [7, 11) is 1.46. The number of aromatic nitrogens is 1. The van der Waals surface area contributed by atoms with Crippen LogP contribution in [0.1, 0.15) is 17.2 Å². The van der Waals surface area contributed by atoms with E-state index < -0.39 is 11.9 Å². The van der Waals surface area contributed by atoms with Crippen LogP contribution in [0.4, 0.5) is 4.39 Å². The molecule has 0 fully saturated rings. The fraction of sp³-hybridized carbons (Fsp3) is 0.200. The van der Waals surface area contributed by atoms with Crippen molar-refractivity contribution in [3.8, 4) is 5.75 Å². The topological polar surface area (TPSA) is 59.4 Å². The van der Waals surface area contributed by atoms with Gasteiger partial charge < -0.3 is 9.84 Å². The molecule has 1 aromatic carbocycles. The maximum absolute atomic E-state index is 13.2. The summed E-state index contributed by atoms with van der Waals surface area (Å²) in [5.74, 6) is -1.88. The van der Waals surface area contributed by atoms with Crippen LogP contribution in [0.5, 0.6) is 5.75 Å². The molecule has 0 amide bonds. The van der Waals surface area contributed by atoms with Crippen molar-refractivity contribution in [1.29, 1.82) is 0 Å². The highest BCUT2D eigenvalue weighted by Gasteiger charge is 2.25. The largest absolute Gasteiger partial charge is 0.495 e. The van der Waals surface area contributed by atoms with Crippen LogP contribution < -0.4 is 4.74 Å². The Hall–Kier alpha value is -2.43. The highest BCUT2D eigenvalue weighted by molar-refractivity contribution is 5.76. The van der Waals surface area contributed by atoms with E-state index in [0.29, 0.717) is 17.0 Å². The minimum absolute atomic E-state index is 0.153. The second-order valence-electron chi connectivity index (χ2n) is 4.32. The second-order valence-corrected chi connectivity index (χ2v) is 4.32. The van der Waals surface area contributed by atoms with Crippen LogP contribution in [-0.2, 0) is 11.2 Å². The van der Waals surface area contributed by atoms with E-state index in [0.717, 1.165) is 0 Å². The fourth-order valence-corrected chi connectivity index (χ4v) is 2.04. The van der Waals surface area contributed by atoms with Crippen molar-refractivity contribution < 1.29 is 19.0 Å². The van der Waals surface area contributed by atoms with E-state index in [9.17, 15) is 14.3 Å². The number of nitrogens with zero attached hydrogens (tertiary/aromatic N) is 1. The Morgan fingerprint density at radius 2 is 2.20 bits per heavy atom. The maximum Gasteiger partial charge on any atom is 0.313 e. The van der Waals surface area contributed by atoms with Gasteiger partial charge in [0, 0.05) is 6.20 Å². The summed E-state index contributed by atoms with van der Waals surface area (Å²) in [6.07, 6.45) is 1.67. The molecule has 1 N–H and O–H groups in total. The molecule has 0 aliphatic heterocycles. The summed E-state index contributed by atoms with van der Waals surface area (Å²) in [5.41, 5.74) is 0.942. The Balaban J connectivity index is 2.34. The third kappa shape index (κ3) is 3.12. The summed E-state index contributed by atoms with van der Waals surface area (Å²) >= 11 is 0. The van der Waals surface area contributed by atoms with E-state index in [4.69, 9.17) is 4.74 Å². The molecule has 0 radical (unpaired) electrons. The van der Waals surface area contributed by atoms with Crippen LogP contribution in [-0.4, -0.2) is 23.2 Å². The van der Waals surface area contributed by atoms with Gasteiger partial charge in [-0.25, -0.2) is 4.39 Å². The van der Waals surface area contributed by atoms with E-state index >= 15 is 0 Å². The average molecular weight is 275 g/mol. The zero-order valence-electron chi connectivity index (χ0n) is 10.9. The van der Waals surface area contributed by atoms with Gasteiger partial charge in [0.15, 0.2) is 0 Å². The molecule has 1 unspecified atom stereocenters. The number of carboxylic acid groups (broad SMARTS) is 1. The molecule has 1 heterocycles. The predicted octanol–water partition coefficient (Wildman–Crippen LogP) is 2.64. The summed E-state index contributed by atoms with van der Waals surface area (Å²) in [4.78, 5) is 15.6. The standard InChI is InChI=1S/C15H14FNO3/c1-20-13-6-3-7-17-14(13)12(15(18)19)9-10-4-2-5-11(16)8-10/h2-8,12H,9H2,1H3,(H,18,19). The number of carboxylic acids is 1. The SMILES string of the molecule is COc1cccnc1C(Cc1cccc(F)c1)C(=O)O. The van der Waals surface area contributed by atoms with Gasteiger partial charge in [-0.1, -0.05) is 12.1 Å². The molecular formula is C15H14FNO3. The lowest BCUT2D eigenvalue weighted by atomic mass is 9.95. The molecule has 2 rings (SSSR count). The Morgan fingerprint density at radius 1 is 1.40 bits per heavy atom. The minimum Gasteiger partial charge on any atom is -0.495 e. The average Bonchev–Trinajstić information content (AvgIpc) is 2.44. The van der Waals surface area contributed by atoms with Crippen LogP contribution in [0.15, 0.2) is 42.6 Å². The van der Waals surface area contributed by atoms with E-state index in [-0.39, 0.29) is 12.2 Å². The molecule has 0 saturated heterocycles. The number of carbonyl (C=O) groups is 1. The normalized spacial score (nSPS) is 11.9. The van der Waals surface area contributed by atoms with Crippen LogP contribution in [0.2, 0.25) is 0 Å². The summed E-state index contributed by atoms with van der Waals surface area (Å²) < 4.78 is 18.3. The van der Waals surface area contributed by atoms with Crippen LogP contribution >= 0.6 is 0 Å². The van der Waals surface area contributed by atoms with E-state index in [1.54, 1.807) is 24.3 Å². The number of hydrogen-bond acceptors (Lipinski definition) is 3. The molecule has 104 valence electrons. The van der Waals surface area contributed by atoms with Gasteiger partial charge in [-0.2, -0.15) is 0 Å². The van der Waals surface area contributed by atoms with Crippen molar-refractivity contribution in [3.63, 3.8) is 0 Å². The first-order chi connectivity index (χ1) is 9.61. The number of hydrogen-bond donors (Lipinski definition) is 1. The lowest BCUT2D eigenvalue weighted by molar-refractivity contribution is -0.138. The van der Waals surface area contributed by atoms with E-state index in [1.165, 1.54) is 25.4 Å². The highest BCUT2D eigenvalue weighted by atomic mass is 19.1. The number of ether oxygens (including phenoxy) is 1. The van der Waals surface area contributed by atoms with Crippen molar-refractivity contribution in [2.24, 2.45) is 0 Å². The smallest absolute Gasteiger partial charge is 0.313 e. The van der Waals surface area contributed by atoms with Crippen LogP contribution in [0, 0.1) is 5.82 Å². The van der Waals surface area contributed by atoms with Gasteiger partial charge in [0.1, 0.15) is 17.5 Å². The minimum atomic E-state index is -1.02. The van der Waals surface area contributed by atoms with Gasteiger partial charge in [-0.05, 0) is 36.2 Å². The highest BCUT2D eigenvalue weighted by Crippen LogP contribution is 2.27. The molecule has 1 aromatic heterocycles. The van der Waals surface area contributed by atoms with Gasteiger partial charge in [0.25, 0.3) is 0 Å². The van der Waals surface area contributed by atoms with Crippen LogP contribution in [0.3, 0.4) is 0 Å². The van der Waals surface area contributed by atoms with E-state index in [1.807, 2.05) is 0 Å². The van der Waals surface area contributed by atoms with Gasteiger partial charge >= 0.3 is 5.97 Å². The third-order valence-electron chi connectivity index (χ3n) is 2.98. The van der Waals surface area contributed by atoms with Gasteiger partial charge in [-0.15, -0.1) is 0 Å².